The molecule has 85 heavy (non-hydrogen) atoms. The first-order valence-electron chi connectivity index (χ1n) is 27.8. The minimum atomic E-state index is -1.06. The fourth-order valence-electron chi connectivity index (χ4n) is 10.3. The number of nitrogens with zero attached hydrogens (tertiary/aromatic N) is 3. The van der Waals surface area contributed by atoms with Gasteiger partial charge in [0.25, 0.3) is 17.5 Å². The molecule has 3 amide bonds. The number of halogens is 2. The Hall–Kier alpha value is -9.03. The molecule has 0 unspecified atom stereocenters. The molecule has 9 rings (SSSR count). The van der Waals surface area contributed by atoms with Crippen LogP contribution in [-0.2, 0) is 40.8 Å². The van der Waals surface area contributed by atoms with E-state index in [0.29, 0.717) is 30.0 Å². The summed E-state index contributed by atoms with van der Waals surface area (Å²) in [6, 6.07) is 48.8. The van der Waals surface area contributed by atoms with Crippen LogP contribution < -0.4 is 29.6 Å². The maximum Gasteiger partial charge on any atom is 0.362 e. The van der Waals surface area contributed by atoms with Gasteiger partial charge in [0.1, 0.15) is 32.1 Å². The molecule has 438 valence electrons. The second-order valence-electron chi connectivity index (χ2n) is 20.9. The zero-order valence-electron chi connectivity index (χ0n) is 47.0. The largest absolute Gasteiger partial charge is 0.485 e. The number of esters is 2. The number of ether oxygens (including phenoxy) is 5. The van der Waals surface area contributed by atoms with Gasteiger partial charge in [0.05, 0.1) is 43.6 Å². The van der Waals surface area contributed by atoms with Crippen molar-refractivity contribution >= 4 is 58.5 Å². The molecule has 0 radical (unpaired) electrons. The van der Waals surface area contributed by atoms with Crippen LogP contribution in [0.15, 0.2) is 181 Å². The van der Waals surface area contributed by atoms with Gasteiger partial charge in [-0.25, -0.2) is 9.59 Å². The molecule has 2 aliphatic rings. The van der Waals surface area contributed by atoms with Crippen LogP contribution >= 0.6 is 23.2 Å². The number of nitrogens with one attached hydrogen (secondary N) is 2. The van der Waals surface area contributed by atoms with Crippen molar-refractivity contribution in [2.24, 2.45) is 17.8 Å². The summed E-state index contributed by atoms with van der Waals surface area (Å²) >= 11 is 14.0. The first-order chi connectivity index (χ1) is 41.2. The van der Waals surface area contributed by atoms with Crippen LogP contribution in [0, 0.1) is 27.9 Å². The monoisotopic (exact) mass is 1190 g/mol. The van der Waals surface area contributed by atoms with Gasteiger partial charge in [-0.1, -0.05) is 165 Å². The lowest BCUT2D eigenvalue weighted by atomic mass is 9.74. The lowest BCUT2D eigenvalue weighted by Crippen LogP contribution is -2.62. The molecular formula is C66H63Cl2N5O12. The molecule has 0 aromatic heterocycles. The van der Waals surface area contributed by atoms with E-state index in [1.165, 1.54) is 17.0 Å². The molecule has 1 saturated heterocycles. The van der Waals surface area contributed by atoms with Crippen LogP contribution in [0.3, 0.4) is 0 Å². The van der Waals surface area contributed by atoms with Gasteiger partial charge in [0.2, 0.25) is 5.91 Å². The van der Waals surface area contributed by atoms with Crippen LogP contribution in [0.5, 0.6) is 23.0 Å². The van der Waals surface area contributed by atoms with Gasteiger partial charge in [0.15, 0.2) is 23.0 Å². The Morgan fingerprint density at radius 3 is 1.49 bits per heavy atom. The van der Waals surface area contributed by atoms with Gasteiger partial charge >= 0.3 is 11.9 Å². The van der Waals surface area contributed by atoms with Crippen molar-refractivity contribution < 1.29 is 52.6 Å². The SMILES string of the molecule is CC(C)[C@H]1C(=O)N2C(C(=O)OC(=O)c3ccc([N+](=O)[O-])cc3)=C(CN(CCCNC(=O)c3ccc(OCc4ccccc4)c(OCc4ccccc4)c3Cl)CCNC(=O)c3ccc(OCc4ccccc4)c(OCc4ccccc4)c3Cl)[C@H](C)[C@H]12. The Morgan fingerprint density at radius 2 is 1.05 bits per heavy atom. The molecule has 7 aromatic rings. The van der Waals surface area contributed by atoms with E-state index in [9.17, 15) is 34.1 Å². The summed E-state index contributed by atoms with van der Waals surface area (Å²) in [6.07, 6.45) is 0.353. The highest BCUT2D eigenvalue weighted by Crippen LogP contribution is 2.49. The summed E-state index contributed by atoms with van der Waals surface area (Å²) in [5.74, 6) is -3.17. The van der Waals surface area contributed by atoms with Crippen molar-refractivity contribution in [3.63, 3.8) is 0 Å². The van der Waals surface area contributed by atoms with E-state index >= 15 is 0 Å². The van der Waals surface area contributed by atoms with Gasteiger partial charge in [-0.2, -0.15) is 0 Å². The highest BCUT2D eigenvalue weighted by molar-refractivity contribution is 6.36. The highest BCUT2D eigenvalue weighted by Gasteiger charge is 2.59. The number of carbonyl (C=O) groups excluding carboxylic acids is 5. The van der Waals surface area contributed by atoms with Crippen LogP contribution in [0.2, 0.25) is 10.0 Å². The maximum absolute atomic E-state index is 14.3. The Morgan fingerprint density at radius 1 is 0.600 bits per heavy atom. The molecule has 17 nitrogen and oxygen atoms in total. The molecule has 0 saturated carbocycles. The van der Waals surface area contributed by atoms with E-state index in [4.69, 9.17) is 46.9 Å². The molecule has 0 bridgehead atoms. The number of nitro benzene ring substituents is 1. The zero-order valence-corrected chi connectivity index (χ0v) is 48.6. The molecule has 2 heterocycles. The minimum absolute atomic E-state index is 0.0428. The molecule has 7 aromatic carbocycles. The van der Waals surface area contributed by atoms with Gasteiger partial charge in [-0.05, 0) is 76.6 Å². The summed E-state index contributed by atoms with van der Waals surface area (Å²) in [7, 11) is 0. The molecule has 19 heteroatoms. The third kappa shape index (κ3) is 14.8. The van der Waals surface area contributed by atoms with Crippen LogP contribution in [0.4, 0.5) is 5.69 Å². The van der Waals surface area contributed by atoms with Crippen molar-refractivity contribution in [2.45, 2.75) is 59.7 Å². The number of hydrogen-bond donors (Lipinski definition) is 2. The molecule has 3 atom stereocenters. The van der Waals surface area contributed by atoms with E-state index in [1.807, 2.05) is 147 Å². The Balaban J connectivity index is 0.949. The average molecular weight is 1190 g/mol. The van der Waals surface area contributed by atoms with Gasteiger partial charge in [-0.3, -0.25) is 29.4 Å². The molecule has 0 aliphatic carbocycles. The summed E-state index contributed by atoms with van der Waals surface area (Å²) in [5, 5.41) is 17.4. The predicted molar refractivity (Wildman–Crippen MR) is 320 cm³/mol. The number of hydrogen-bond acceptors (Lipinski definition) is 13. The van der Waals surface area contributed by atoms with Gasteiger partial charge < -0.3 is 39.2 Å². The maximum atomic E-state index is 14.3. The predicted octanol–water partition coefficient (Wildman–Crippen LogP) is 11.8. The first-order valence-corrected chi connectivity index (χ1v) is 28.6. The number of amides is 3. The molecule has 2 N–H and O–H groups in total. The second kappa shape index (κ2) is 28.5. The average Bonchev–Trinajstić information content (AvgIpc) is 1.76. The quantitative estimate of drug-likeness (QED) is 0.0123. The van der Waals surface area contributed by atoms with Crippen molar-refractivity contribution in [2.75, 3.05) is 32.7 Å². The number of non-ortho nitro benzene ring substituents is 1. The smallest absolute Gasteiger partial charge is 0.362 e. The number of fused-ring (bicyclic) bond motifs is 1. The third-order valence-electron chi connectivity index (χ3n) is 14.8. The Bertz CT molecular complexity index is 3560. The van der Waals surface area contributed by atoms with Crippen LogP contribution in [-0.4, -0.2) is 83.1 Å². The molecule has 0 spiro atoms. The van der Waals surface area contributed by atoms with Crippen LogP contribution in [0.25, 0.3) is 0 Å². The standard InChI is InChI=1S/C66H63Cl2N5O12/c1-42(2)55-58-43(3)52(59(72(58)64(55)76)66(78)85-65(77)48-25-27-49(28-26-48)73(79)80)37-71(36-34-70-63(75)51-30-32-54(82-39-45-19-10-5-11-20-45)61(57(51)68)84-41-47-23-14-7-15-24-47)35-16-33-69-62(74)50-29-31-53(81-38-44-17-8-4-9-18-44)60(56(50)67)83-40-46-21-12-6-13-22-46/h4-15,17-32,42-43,55,58H,16,33-41H2,1-3H3,(H,69,74)(H,70,75)/t43-,55+,58+/m0/s1. The van der Waals surface area contributed by atoms with Crippen molar-refractivity contribution in [3.05, 3.63) is 240 Å². The van der Waals surface area contributed by atoms with Crippen LogP contribution in [0.1, 0.15) is 80.5 Å². The number of nitro groups is 1. The number of carbonyl (C=O) groups is 5. The fraction of sp³-hybridized carbons (Fsp3) is 0.258. The van der Waals surface area contributed by atoms with Crippen molar-refractivity contribution in [3.8, 4) is 23.0 Å². The van der Waals surface area contributed by atoms with E-state index < -0.39 is 40.6 Å². The minimum Gasteiger partial charge on any atom is -0.485 e. The topological polar surface area (TPSA) is 205 Å². The number of benzene rings is 7. The van der Waals surface area contributed by atoms with Crippen molar-refractivity contribution in [1.29, 1.82) is 0 Å². The van der Waals surface area contributed by atoms with E-state index in [1.54, 1.807) is 24.3 Å². The van der Waals surface area contributed by atoms with E-state index in [2.05, 4.69) is 10.6 Å². The fourth-order valence-corrected chi connectivity index (χ4v) is 10.9. The molecule has 2 aliphatic heterocycles. The number of β-lactam (4-membered cyclic amide) rings is 1. The summed E-state index contributed by atoms with van der Waals surface area (Å²) in [4.78, 5) is 84.0. The van der Waals surface area contributed by atoms with E-state index in [-0.39, 0.29) is 120 Å². The molecule has 1 fully saturated rings. The summed E-state index contributed by atoms with van der Waals surface area (Å²) in [5.41, 5.74) is 3.97. The summed E-state index contributed by atoms with van der Waals surface area (Å²) in [6.45, 7) is 7.31. The highest BCUT2D eigenvalue weighted by atomic mass is 35.5. The lowest BCUT2D eigenvalue weighted by molar-refractivity contribution is -0.384. The Kier molecular flexibility index (Phi) is 20.3. The second-order valence-corrected chi connectivity index (χ2v) is 21.6. The van der Waals surface area contributed by atoms with Gasteiger partial charge in [0, 0.05) is 50.8 Å². The lowest BCUT2D eigenvalue weighted by Gasteiger charge is -2.47. The third-order valence-corrected chi connectivity index (χ3v) is 15.5. The number of rotatable bonds is 27. The normalized spacial score (nSPS) is 15.2. The summed E-state index contributed by atoms with van der Waals surface area (Å²) < 4.78 is 30.3. The first kappa shape index (κ1) is 60.6. The Labute approximate surface area is 502 Å². The van der Waals surface area contributed by atoms with Gasteiger partial charge in [-0.15, -0.1) is 0 Å². The van der Waals surface area contributed by atoms with E-state index in [0.717, 1.165) is 34.4 Å². The zero-order chi connectivity index (χ0) is 60.0. The molecular weight excluding hydrogens is 1130 g/mol. The van der Waals surface area contributed by atoms with Crippen molar-refractivity contribution in [1.82, 2.24) is 20.4 Å².